The molecule has 3 nitrogen and oxygen atoms in total. The molecule has 2 aromatic rings. The number of anilines is 1. The Kier molecular flexibility index (Phi) is 2.49. The maximum atomic E-state index is 8.88. The lowest BCUT2D eigenvalue weighted by Gasteiger charge is -1.95. The van der Waals surface area contributed by atoms with Gasteiger partial charge in [0.15, 0.2) is 0 Å². The lowest BCUT2D eigenvalue weighted by atomic mass is 10.1. The highest BCUT2D eigenvalue weighted by Crippen LogP contribution is 2.38. The molecule has 2 aromatic heterocycles. The first-order chi connectivity index (χ1) is 7.54. The Morgan fingerprint density at radius 1 is 1.31 bits per heavy atom. The van der Waals surface area contributed by atoms with Crippen molar-refractivity contribution < 1.29 is 4.42 Å². The molecule has 16 heavy (non-hydrogen) atoms. The first-order valence-electron chi connectivity index (χ1n) is 4.91. The third-order valence-corrected chi connectivity index (χ3v) is 3.74. The summed E-state index contributed by atoms with van der Waals surface area (Å²) in [6, 6.07) is 3.93. The minimum absolute atomic E-state index is 0.542. The minimum atomic E-state index is 0.542. The van der Waals surface area contributed by atoms with E-state index < -0.39 is 0 Å². The molecule has 0 aliphatic heterocycles. The van der Waals surface area contributed by atoms with Gasteiger partial charge in [0, 0.05) is 10.4 Å². The summed E-state index contributed by atoms with van der Waals surface area (Å²) in [5, 5.41) is 8.88. The highest BCUT2D eigenvalue weighted by Gasteiger charge is 2.16. The third-order valence-electron chi connectivity index (χ3n) is 2.67. The molecule has 0 spiro atoms. The lowest BCUT2D eigenvalue weighted by molar-refractivity contribution is 0.503. The normalized spacial score (nSPS) is 10.4. The highest BCUT2D eigenvalue weighted by atomic mass is 32.1. The molecule has 0 fully saturated rings. The predicted octanol–water partition coefficient (Wildman–Crippen LogP) is 3.39. The van der Waals surface area contributed by atoms with E-state index in [9.17, 15) is 0 Å². The van der Waals surface area contributed by atoms with Crippen molar-refractivity contribution in [2.45, 2.75) is 20.8 Å². The van der Waals surface area contributed by atoms with Crippen LogP contribution in [-0.2, 0) is 0 Å². The van der Waals surface area contributed by atoms with Gasteiger partial charge in [-0.2, -0.15) is 5.26 Å². The van der Waals surface area contributed by atoms with Crippen LogP contribution in [-0.4, -0.2) is 0 Å². The average molecular weight is 232 g/mol. The lowest BCUT2D eigenvalue weighted by Crippen LogP contribution is -1.82. The number of hydrogen-bond acceptors (Lipinski definition) is 4. The van der Waals surface area contributed by atoms with Crippen LogP contribution in [0.5, 0.6) is 0 Å². The monoisotopic (exact) mass is 232 g/mol. The zero-order valence-corrected chi connectivity index (χ0v) is 10.2. The van der Waals surface area contributed by atoms with Gasteiger partial charge in [-0.3, -0.25) is 0 Å². The second-order valence-corrected chi connectivity index (χ2v) is 4.77. The molecule has 0 aliphatic carbocycles. The number of nitriles is 1. The Labute approximate surface area is 98.1 Å². The molecule has 0 saturated heterocycles. The number of thiophene rings is 1. The van der Waals surface area contributed by atoms with Crippen molar-refractivity contribution in [3.05, 3.63) is 28.0 Å². The topological polar surface area (TPSA) is 62.9 Å². The molecule has 4 heteroatoms. The van der Waals surface area contributed by atoms with E-state index in [1.165, 1.54) is 11.3 Å². The molecule has 82 valence electrons. The molecule has 0 saturated carbocycles. The van der Waals surface area contributed by atoms with Crippen LogP contribution in [0.1, 0.15) is 22.0 Å². The smallest absolute Gasteiger partial charge is 0.128 e. The number of aryl methyl sites for hydroxylation is 2. The van der Waals surface area contributed by atoms with E-state index in [1.54, 1.807) is 0 Å². The Hall–Kier alpha value is -1.73. The quantitative estimate of drug-likeness (QED) is 0.819. The number of nitrogens with two attached hydrogens (primary N) is 1. The SMILES string of the molecule is Cc1oc(C)c(-c2cc(N)c(C#N)s2)c1C. The van der Waals surface area contributed by atoms with Crippen LogP contribution < -0.4 is 5.73 Å². The Balaban J connectivity index is 2.64. The van der Waals surface area contributed by atoms with Crippen LogP contribution in [0.4, 0.5) is 5.69 Å². The summed E-state index contributed by atoms with van der Waals surface area (Å²) in [4.78, 5) is 1.56. The van der Waals surface area contributed by atoms with E-state index in [4.69, 9.17) is 15.4 Å². The summed E-state index contributed by atoms with van der Waals surface area (Å²) in [6.07, 6.45) is 0. The van der Waals surface area contributed by atoms with Crippen molar-refractivity contribution in [1.29, 1.82) is 5.26 Å². The summed E-state index contributed by atoms with van der Waals surface area (Å²) < 4.78 is 5.57. The van der Waals surface area contributed by atoms with Crippen molar-refractivity contribution in [3.63, 3.8) is 0 Å². The Bertz CT molecular complexity index is 587. The van der Waals surface area contributed by atoms with Gasteiger partial charge in [0.25, 0.3) is 0 Å². The fraction of sp³-hybridized carbons (Fsp3) is 0.250. The summed E-state index contributed by atoms with van der Waals surface area (Å²) in [5.74, 6) is 1.79. The summed E-state index contributed by atoms with van der Waals surface area (Å²) in [6.45, 7) is 5.88. The zero-order chi connectivity index (χ0) is 11.9. The van der Waals surface area contributed by atoms with Crippen molar-refractivity contribution >= 4 is 17.0 Å². The molecule has 0 atom stereocenters. The zero-order valence-electron chi connectivity index (χ0n) is 9.42. The number of nitrogen functional groups attached to an aromatic ring is 1. The van der Waals surface area contributed by atoms with Crippen LogP contribution in [0.2, 0.25) is 0 Å². The van der Waals surface area contributed by atoms with Gasteiger partial charge in [0.1, 0.15) is 22.5 Å². The number of rotatable bonds is 1. The van der Waals surface area contributed by atoms with E-state index in [1.807, 2.05) is 26.8 Å². The van der Waals surface area contributed by atoms with Gasteiger partial charge in [0.05, 0.1) is 5.69 Å². The first-order valence-corrected chi connectivity index (χ1v) is 5.72. The van der Waals surface area contributed by atoms with E-state index in [2.05, 4.69) is 6.07 Å². The molecule has 2 heterocycles. The van der Waals surface area contributed by atoms with Gasteiger partial charge >= 0.3 is 0 Å². The van der Waals surface area contributed by atoms with Crippen molar-refractivity contribution in [3.8, 4) is 16.5 Å². The maximum Gasteiger partial charge on any atom is 0.128 e. The molecule has 0 aliphatic rings. The van der Waals surface area contributed by atoms with Crippen LogP contribution in [0.3, 0.4) is 0 Å². The average Bonchev–Trinajstić information content (AvgIpc) is 2.69. The maximum absolute atomic E-state index is 8.88. The number of furan rings is 1. The van der Waals surface area contributed by atoms with Gasteiger partial charge in [-0.15, -0.1) is 11.3 Å². The molecule has 0 unspecified atom stereocenters. The minimum Gasteiger partial charge on any atom is -0.466 e. The summed E-state index contributed by atoms with van der Waals surface area (Å²) in [7, 11) is 0. The van der Waals surface area contributed by atoms with E-state index >= 15 is 0 Å². The fourth-order valence-corrected chi connectivity index (χ4v) is 2.80. The third kappa shape index (κ3) is 1.50. The number of hydrogen-bond donors (Lipinski definition) is 1. The van der Waals surface area contributed by atoms with Gasteiger partial charge < -0.3 is 10.2 Å². The second kappa shape index (κ2) is 3.69. The van der Waals surface area contributed by atoms with Crippen LogP contribution in [0.15, 0.2) is 10.5 Å². The van der Waals surface area contributed by atoms with Gasteiger partial charge in [-0.1, -0.05) is 0 Å². The van der Waals surface area contributed by atoms with Crippen molar-refractivity contribution in [2.75, 3.05) is 5.73 Å². The van der Waals surface area contributed by atoms with Crippen LogP contribution in [0, 0.1) is 32.1 Å². The molecule has 0 amide bonds. The second-order valence-electron chi connectivity index (χ2n) is 3.72. The summed E-state index contributed by atoms with van der Waals surface area (Å²) >= 11 is 1.41. The molecule has 0 aromatic carbocycles. The highest BCUT2D eigenvalue weighted by molar-refractivity contribution is 7.16. The summed E-state index contributed by atoms with van der Waals surface area (Å²) in [5.41, 5.74) is 8.47. The first kappa shape index (κ1) is 10.8. The van der Waals surface area contributed by atoms with Gasteiger partial charge in [-0.25, -0.2) is 0 Å². The van der Waals surface area contributed by atoms with Gasteiger partial charge in [-0.05, 0) is 32.4 Å². The molecular formula is C12H12N2OS. The fourth-order valence-electron chi connectivity index (χ4n) is 1.77. The standard InChI is InChI=1S/C12H12N2OS/c1-6-7(2)15-8(3)12(6)10-4-9(14)11(5-13)16-10/h4H,14H2,1-3H3. The largest absolute Gasteiger partial charge is 0.466 e. The molecule has 2 rings (SSSR count). The van der Waals surface area contributed by atoms with E-state index in [-0.39, 0.29) is 0 Å². The Morgan fingerprint density at radius 3 is 2.44 bits per heavy atom. The molecule has 2 N–H and O–H groups in total. The molecule has 0 radical (unpaired) electrons. The predicted molar refractivity (Wildman–Crippen MR) is 65.4 cm³/mol. The van der Waals surface area contributed by atoms with E-state index in [0.717, 1.165) is 27.5 Å². The Morgan fingerprint density at radius 2 is 2.00 bits per heavy atom. The molecular weight excluding hydrogens is 220 g/mol. The van der Waals surface area contributed by atoms with Crippen LogP contribution in [0.25, 0.3) is 10.4 Å². The number of nitrogens with zero attached hydrogens (tertiary/aromatic N) is 1. The van der Waals surface area contributed by atoms with Crippen molar-refractivity contribution in [2.24, 2.45) is 0 Å². The van der Waals surface area contributed by atoms with E-state index in [0.29, 0.717) is 10.6 Å². The molecule has 0 bridgehead atoms. The van der Waals surface area contributed by atoms with Gasteiger partial charge in [0.2, 0.25) is 0 Å². The van der Waals surface area contributed by atoms with Crippen LogP contribution >= 0.6 is 11.3 Å². The van der Waals surface area contributed by atoms with Crippen molar-refractivity contribution in [1.82, 2.24) is 0 Å².